The Balaban J connectivity index is 1.96. The zero-order chi connectivity index (χ0) is 14.3. The first-order valence-corrected chi connectivity index (χ1v) is 8.37. The largest absolute Gasteiger partial charge is 0.387 e. The van der Waals surface area contributed by atoms with E-state index in [0.29, 0.717) is 0 Å². The van der Waals surface area contributed by atoms with Gasteiger partial charge in [0.05, 0.1) is 0 Å². The molecule has 0 aromatic heterocycles. The lowest BCUT2D eigenvalue weighted by atomic mass is 9.57. The molecule has 1 unspecified atom stereocenters. The van der Waals surface area contributed by atoms with E-state index in [0.717, 1.165) is 70.6 Å². The van der Waals surface area contributed by atoms with Gasteiger partial charge < -0.3 is 10.2 Å². The van der Waals surface area contributed by atoms with Crippen LogP contribution in [0.4, 0.5) is 0 Å². The van der Waals surface area contributed by atoms with Gasteiger partial charge in [-0.15, -0.1) is 0 Å². The normalized spacial score (nSPS) is 35.2. The van der Waals surface area contributed by atoms with Gasteiger partial charge in [0, 0.05) is 0 Å². The maximum atomic E-state index is 11.3. The summed E-state index contributed by atoms with van der Waals surface area (Å²) in [7, 11) is 0. The van der Waals surface area contributed by atoms with Crippen molar-refractivity contribution >= 4 is 0 Å². The second-order valence-electron chi connectivity index (χ2n) is 7.00. The highest BCUT2D eigenvalue weighted by atomic mass is 17.3. The molecule has 2 N–H and O–H groups in total. The van der Waals surface area contributed by atoms with Gasteiger partial charge in [0.1, 0.15) is 17.3 Å². The molecule has 1 aliphatic heterocycles. The number of hydrogen-bond acceptors (Lipinski definition) is 4. The average molecular weight is 284 g/mol. The molecule has 20 heavy (non-hydrogen) atoms. The zero-order valence-corrected chi connectivity index (χ0v) is 12.6. The lowest BCUT2D eigenvalue weighted by Crippen LogP contribution is -2.80. The minimum Gasteiger partial charge on any atom is -0.387 e. The lowest BCUT2D eigenvalue weighted by molar-refractivity contribution is -0.567. The maximum absolute atomic E-state index is 11.3. The van der Waals surface area contributed by atoms with E-state index in [1.807, 2.05) is 6.92 Å². The molecule has 0 radical (unpaired) electrons. The smallest absolute Gasteiger partial charge is 0.189 e. The topological polar surface area (TPSA) is 58.9 Å². The highest BCUT2D eigenvalue weighted by molar-refractivity contribution is 5.19. The number of hydrogen-bond donors (Lipinski definition) is 2. The third kappa shape index (κ3) is 1.88. The Bertz CT molecular complexity index is 316. The molecular formula is C16H28O4. The van der Waals surface area contributed by atoms with Crippen LogP contribution in [0.3, 0.4) is 0 Å². The summed E-state index contributed by atoms with van der Waals surface area (Å²) in [6, 6.07) is 0. The average Bonchev–Trinajstić information content (AvgIpc) is 2.39. The van der Waals surface area contributed by atoms with Crippen LogP contribution in [-0.2, 0) is 9.78 Å². The molecule has 4 heteroatoms. The molecule has 1 atom stereocenters. The summed E-state index contributed by atoms with van der Waals surface area (Å²) in [6.45, 7) is 2.04. The summed E-state index contributed by atoms with van der Waals surface area (Å²) in [4.78, 5) is 10.9. The van der Waals surface area contributed by atoms with Crippen molar-refractivity contribution in [3.63, 3.8) is 0 Å². The Labute approximate surface area is 121 Å². The molecule has 0 spiro atoms. The Morgan fingerprint density at radius 3 is 1.60 bits per heavy atom. The third-order valence-electron chi connectivity index (χ3n) is 5.86. The first-order chi connectivity index (χ1) is 9.58. The first kappa shape index (κ1) is 14.8. The molecule has 3 fully saturated rings. The van der Waals surface area contributed by atoms with Gasteiger partial charge in [-0.05, 0) is 32.1 Å². The molecule has 0 bridgehead atoms. The maximum Gasteiger partial charge on any atom is 0.189 e. The molecule has 2 aliphatic carbocycles. The van der Waals surface area contributed by atoms with E-state index < -0.39 is 16.8 Å². The minimum absolute atomic E-state index is 0.186. The highest BCUT2D eigenvalue weighted by Gasteiger charge is 2.73. The Kier molecular flexibility index (Phi) is 3.87. The Morgan fingerprint density at radius 2 is 1.30 bits per heavy atom. The second kappa shape index (κ2) is 5.24. The van der Waals surface area contributed by atoms with Crippen LogP contribution in [0.1, 0.15) is 77.6 Å². The molecule has 1 saturated heterocycles. The molecule has 1 heterocycles. The molecule has 0 amide bonds. The van der Waals surface area contributed by atoms with Crippen LogP contribution < -0.4 is 0 Å². The SMILES string of the molecule is CCC1OOC1(C1(O)CCCCC1)C1(O)CCCCC1. The summed E-state index contributed by atoms with van der Waals surface area (Å²) in [5.74, 6) is 0. The molecule has 0 aromatic rings. The summed E-state index contributed by atoms with van der Waals surface area (Å²) in [6.07, 6.45) is 9.81. The quantitative estimate of drug-likeness (QED) is 0.782. The Hall–Kier alpha value is -0.160. The second-order valence-corrected chi connectivity index (χ2v) is 7.00. The standard InChI is InChI=1S/C16H28O4/c1-2-13-16(20-19-13,14(17)9-5-3-6-10-14)15(18)11-7-4-8-12-15/h13,17-18H,2-12H2,1H3. The molecule has 0 aromatic carbocycles. The van der Waals surface area contributed by atoms with Gasteiger partial charge >= 0.3 is 0 Å². The van der Waals surface area contributed by atoms with E-state index in [-0.39, 0.29) is 6.10 Å². The monoisotopic (exact) mass is 284 g/mol. The molecule has 2 saturated carbocycles. The molecule has 3 aliphatic rings. The van der Waals surface area contributed by atoms with Gasteiger partial charge in [-0.2, -0.15) is 0 Å². The van der Waals surface area contributed by atoms with Crippen LogP contribution in [-0.4, -0.2) is 33.1 Å². The summed E-state index contributed by atoms with van der Waals surface area (Å²) in [5.41, 5.74) is -2.78. The van der Waals surface area contributed by atoms with Gasteiger partial charge in [0.2, 0.25) is 0 Å². The van der Waals surface area contributed by atoms with Crippen molar-refractivity contribution in [2.45, 2.75) is 100 Å². The van der Waals surface area contributed by atoms with E-state index in [1.54, 1.807) is 0 Å². The fourth-order valence-corrected chi connectivity index (χ4v) is 4.77. The van der Waals surface area contributed by atoms with Crippen molar-refractivity contribution in [1.82, 2.24) is 0 Å². The van der Waals surface area contributed by atoms with Crippen molar-refractivity contribution in [1.29, 1.82) is 0 Å². The van der Waals surface area contributed by atoms with Crippen LogP contribution in [0, 0.1) is 0 Å². The zero-order valence-electron chi connectivity index (χ0n) is 12.6. The van der Waals surface area contributed by atoms with E-state index in [9.17, 15) is 10.2 Å². The van der Waals surface area contributed by atoms with Crippen LogP contribution in [0.5, 0.6) is 0 Å². The summed E-state index contributed by atoms with van der Waals surface area (Å²) >= 11 is 0. The predicted octanol–water partition coefficient (Wildman–Crippen LogP) is 2.86. The van der Waals surface area contributed by atoms with E-state index in [1.165, 1.54) is 0 Å². The van der Waals surface area contributed by atoms with Gasteiger partial charge in [-0.1, -0.05) is 45.4 Å². The molecule has 3 rings (SSSR count). The van der Waals surface area contributed by atoms with E-state index >= 15 is 0 Å². The predicted molar refractivity (Wildman–Crippen MR) is 75.0 cm³/mol. The first-order valence-electron chi connectivity index (χ1n) is 8.37. The molecular weight excluding hydrogens is 256 g/mol. The van der Waals surface area contributed by atoms with Crippen LogP contribution >= 0.6 is 0 Å². The summed E-state index contributed by atoms with van der Waals surface area (Å²) in [5, 5.41) is 22.6. The number of rotatable bonds is 3. The lowest BCUT2D eigenvalue weighted by Gasteiger charge is -2.63. The van der Waals surface area contributed by atoms with Crippen LogP contribution in [0.25, 0.3) is 0 Å². The van der Waals surface area contributed by atoms with E-state index in [2.05, 4.69) is 0 Å². The van der Waals surface area contributed by atoms with Crippen molar-refractivity contribution in [3.8, 4) is 0 Å². The fourth-order valence-electron chi connectivity index (χ4n) is 4.77. The number of aliphatic hydroxyl groups is 2. The van der Waals surface area contributed by atoms with Crippen LogP contribution in [0.15, 0.2) is 0 Å². The minimum atomic E-state index is -0.934. The fraction of sp³-hybridized carbons (Fsp3) is 1.00. The van der Waals surface area contributed by atoms with E-state index in [4.69, 9.17) is 9.78 Å². The van der Waals surface area contributed by atoms with Crippen molar-refractivity contribution in [2.75, 3.05) is 0 Å². The van der Waals surface area contributed by atoms with Crippen molar-refractivity contribution in [2.24, 2.45) is 0 Å². The van der Waals surface area contributed by atoms with Gasteiger partial charge in [0.25, 0.3) is 0 Å². The summed E-state index contributed by atoms with van der Waals surface area (Å²) < 4.78 is 0. The highest BCUT2D eigenvalue weighted by Crippen LogP contribution is 2.57. The van der Waals surface area contributed by atoms with Gasteiger partial charge in [0.15, 0.2) is 5.60 Å². The molecule has 116 valence electrons. The Morgan fingerprint density at radius 1 is 0.850 bits per heavy atom. The third-order valence-corrected chi connectivity index (χ3v) is 5.86. The molecule has 4 nitrogen and oxygen atoms in total. The van der Waals surface area contributed by atoms with Gasteiger partial charge in [-0.25, -0.2) is 9.78 Å². The van der Waals surface area contributed by atoms with Crippen molar-refractivity contribution in [3.05, 3.63) is 0 Å². The van der Waals surface area contributed by atoms with Crippen molar-refractivity contribution < 1.29 is 20.0 Å². The van der Waals surface area contributed by atoms with Crippen LogP contribution in [0.2, 0.25) is 0 Å². The van der Waals surface area contributed by atoms with Gasteiger partial charge in [-0.3, -0.25) is 0 Å².